The number of rotatable bonds is 7. The van der Waals surface area contributed by atoms with Gasteiger partial charge in [0.2, 0.25) is 0 Å². The van der Waals surface area contributed by atoms with Crippen LogP contribution in [0.4, 0.5) is 0 Å². The minimum atomic E-state index is -0.637. The molecule has 1 aromatic heterocycles. The number of benzene rings is 2. The molecule has 0 fully saturated rings. The summed E-state index contributed by atoms with van der Waals surface area (Å²) in [6.45, 7) is 0. The number of hydrogen-bond acceptors (Lipinski definition) is 5. The largest absolute Gasteiger partial charge is 0.493 e. The first kappa shape index (κ1) is 18.5. The Morgan fingerprint density at radius 2 is 1.89 bits per heavy atom. The number of H-pyrrole nitrogens is 1. The zero-order valence-corrected chi connectivity index (χ0v) is 15.6. The SMILES string of the molecule is COC(=O)[C@H](Cc1c[nH]c2ccccc12)N=Cc1ccc(OC)c(OC)c1. The van der Waals surface area contributed by atoms with Crippen molar-refractivity contribution in [3.63, 3.8) is 0 Å². The van der Waals surface area contributed by atoms with Gasteiger partial charge in [0.15, 0.2) is 17.5 Å². The first-order valence-corrected chi connectivity index (χ1v) is 8.54. The van der Waals surface area contributed by atoms with Gasteiger partial charge in [-0.2, -0.15) is 0 Å². The van der Waals surface area contributed by atoms with Gasteiger partial charge in [-0.25, -0.2) is 4.79 Å². The normalized spacial score (nSPS) is 12.3. The highest BCUT2D eigenvalue weighted by Crippen LogP contribution is 2.27. The molecule has 6 heteroatoms. The number of aromatic amines is 1. The molecule has 140 valence electrons. The quantitative estimate of drug-likeness (QED) is 0.514. The average Bonchev–Trinajstić information content (AvgIpc) is 3.13. The van der Waals surface area contributed by atoms with E-state index in [1.165, 1.54) is 7.11 Å². The molecule has 3 rings (SSSR count). The van der Waals surface area contributed by atoms with Gasteiger partial charge in [-0.05, 0) is 35.4 Å². The maximum absolute atomic E-state index is 12.2. The standard InChI is InChI=1S/C21H22N2O4/c1-25-19-9-8-14(10-20(19)26-2)12-22-18(21(24)27-3)11-15-13-23-17-7-5-4-6-16(15)17/h4-10,12-13,18,23H,11H2,1-3H3/t18-/m0/s1. The van der Waals surface area contributed by atoms with E-state index in [1.54, 1.807) is 26.5 Å². The third-order valence-electron chi connectivity index (χ3n) is 4.37. The minimum Gasteiger partial charge on any atom is -0.493 e. The minimum absolute atomic E-state index is 0.378. The van der Waals surface area contributed by atoms with Gasteiger partial charge in [0.1, 0.15) is 0 Å². The second-order valence-electron chi connectivity index (χ2n) is 6.00. The summed E-state index contributed by atoms with van der Waals surface area (Å²) in [4.78, 5) is 19.9. The molecule has 1 N–H and O–H groups in total. The van der Waals surface area contributed by atoms with Crippen LogP contribution in [-0.4, -0.2) is 44.5 Å². The Kier molecular flexibility index (Phi) is 5.76. The lowest BCUT2D eigenvalue weighted by Gasteiger charge is -2.10. The third-order valence-corrected chi connectivity index (χ3v) is 4.37. The van der Waals surface area contributed by atoms with Crippen LogP contribution in [0.2, 0.25) is 0 Å². The smallest absolute Gasteiger partial charge is 0.330 e. The van der Waals surface area contributed by atoms with Gasteiger partial charge in [-0.1, -0.05) is 18.2 Å². The number of carbonyl (C=O) groups is 1. The van der Waals surface area contributed by atoms with E-state index >= 15 is 0 Å². The number of nitrogens with one attached hydrogen (secondary N) is 1. The van der Waals surface area contributed by atoms with E-state index in [9.17, 15) is 4.79 Å². The predicted octanol–water partition coefficient (Wildman–Crippen LogP) is 3.39. The fourth-order valence-electron chi connectivity index (χ4n) is 2.95. The molecule has 0 aliphatic carbocycles. The van der Waals surface area contributed by atoms with Gasteiger partial charge in [-0.3, -0.25) is 4.99 Å². The van der Waals surface area contributed by atoms with Crippen molar-refractivity contribution in [2.24, 2.45) is 4.99 Å². The molecule has 0 saturated heterocycles. The third kappa shape index (κ3) is 4.11. The van der Waals surface area contributed by atoms with E-state index in [0.29, 0.717) is 17.9 Å². The highest BCUT2D eigenvalue weighted by atomic mass is 16.5. The molecule has 0 aliphatic rings. The summed E-state index contributed by atoms with van der Waals surface area (Å²) in [6.07, 6.45) is 4.01. The summed E-state index contributed by atoms with van der Waals surface area (Å²) >= 11 is 0. The molecule has 27 heavy (non-hydrogen) atoms. The van der Waals surface area contributed by atoms with Crippen LogP contribution in [-0.2, 0) is 16.0 Å². The summed E-state index contributed by atoms with van der Waals surface area (Å²) < 4.78 is 15.5. The van der Waals surface area contributed by atoms with Crippen LogP contribution in [0, 0.1) is 0 Å². The van der Waals surface area contributed by atoms with Gasteiger partial charge in [-0.15, -0.1) is 0 Å². The summed E-state index contributed by atoms with van der Waals surface area (Å²) in [5.74, 6) is 0.864. The van der Waals surface area contributed by atoms with Gasteiger partial charge in [0.25, 0.3) is 0 Å². The van der Waals surface area contributed by atoms with E-state index in [-0.39, 0.29) is 5.97 Å². The highest BCUT2D eigenvalue weighted by Gasteiger charge is 2.20. The maximum Gasteiger partial charge on any atom is 0.330 e. The first-order valence-electron chi connectivity index (χ1n) is 8.54. The van der Waals surface area contributed by atoms with Crippen LogP contribution < -0.4 is 9.47 Å². The number of esters is 1. The fraction of sp³-hybridized carbons (Fsp3) is 0.238. The Labute approximate surface area is 157 Å². The number of methoxy groups -OCH3 is 3. The summed E-state index contributed by atoms with van der Waals surface area (Å²) in [7, 11) is 4.53. The molecular formula is C21H22N2O4. The second kappa shape index (κ2) is 8.40. The molecule has 0 saturated carbocycles. The zero-order chi connectivity index (χ0) is 19.2. The lowest BCUT2D eigenvalue weighted by molar-refractivity contribution is -0.142. The Balaban J connectivity index is 1.85. The van der Waals surface area contributed by atoms with E-state index < -0.39 is 6.04 Å². The Morgan fingerprint density at radius 3 is 2.63 bits per heavy atom. The summed E-state index contributed by atoms with van der Waals surface area (Å²) in [5, 5.41) is 1.08. The van der Waals surface area contributed by atoms with Crippen LogP contribution in [0.25, 0.3) is 10.9 Å². The number of hydrogen-bond donors (Lipinski definition) is 1. The van der Waals surface area contributed by atoms with Gasteiger partial charge in [0.05, 0.1) is 21.3 Å². The molecule has 6 nitrogen and oxygen atoms in total. The van der Waals surface area contributed by atoms with Crippen molar-refractivity contribution in [1.82, 2.24) is 4.98 Å². The van der Waals surface area contributed by atoms with Crippen LogP contribution in [0.15, 0.2) is 53.7 Å². The van der Waals surface area contributed by atoms with E-state index in [4.69, 9.17) is 14.2 Å². The molecule has 0 spiro atoms. The number of carbonyl (C=O) groups excluding carboxylic acids is 1. The first-order chi connectivity index (χ1) is 13.2. The van der Waals surface area contributed by atoms with Crippen molar-refractivity contribution in [1.29, 1.82) is 0 Å². The maximum atomic E-state index is 12.2. The lowest BCUT2D eigenvalue weighted by atomic mass is 10.1. The van der Waals surface area contributed by atoms with Crippen LogP contribution >= 0.6 is 0 Å². The molecule has 0 bridgehead atoms. The average molecular weight is 366 g/mol. The number of aromatic nitrogens is 1. The molecular weight excluding hydrogens is 344 g/mol. The number of aliphatic imine (C=N–C) groups is 1. The fourth-order valence-corrected chi connectivity index (χ4v) is 2.95. The molecule has 3 aromatic rings. The van der Waals surface area contributed by atoms with Crippen LogP contribution in [0.5, 0.6) is 11.5 Å². The van der Waals surface area contributed by atoms with Crippen molar-refractivity contribution in [2.45, 2.75) is 12.5 Å². The van der Waals surface area contributed by atoms with Gasteiger partial charge < -0.3 is 19.2 Å². The van der Waals surface area contributed by atoms with Crippen molar-refractivity contribution in [3.8, 4) is 11.5 Å². The molecule has 2 aromatic carbocycles. The Morgan fingerprint density at radius 1 is 1.11 bits per heavy atom. The molecule has 1 atom stereocenters. The van der Waals surface area contributed by atoms with E-state index in [1.807, 2.05) is 42.6 Å². The summed E-state index contributed by atoms with van der Waals surface area (Å²) in [6, 6.07) is 12.8. The van der Waals surface area contributed by atoms with Crippen molar-refractivity contribution in [3.05, 3.63) is 59.8 Å². The highest BCUT2D eigenvalue weighted by molar-refractivity contribution is 5.87. The number of para-hydroxylation sites is 1. The monoisotopic (exact) mass is 366 g/mol. The summed E-state index contributed by atoms with van der Waals surface area (Å²) in [5.41, 5.74) is 2.85. The van der Waals surface area contributed by atoms with Crippen molar-refractivity contribution >= 4 is 23.1 Å². The van der Waals surface area contributed by atoms with Crippen molar-refractivity contribution in [2.75, 3.05) is 21.3 Å². The topological polar surface area (TPSA) is 72.9 Å². The Hall–Kier alpha value is -3.28. The second-order valence-corrected chi connectivity index (χ2v) is 6.00. The van der Waals surface area contributed by atoms with Gasteiger partial charge >= 0.3 is 5.97 Å². The van der Waals surface area contributed by atoms with E-state index in [0.717, 1.165) is 22.0 Å². The van der Waals surface area contributed by atoms with Crippen molar-refractivity contribution < 1.29 is 19.0 Å². The molecule has 0 amide bonds. The molecule has 0 radical (unpaired) electrons. The van der Waals surface area contributed by atoms with E-state index in [2.05, 4.69) is 9.98 Å². The van der Waals surface area contributed by atoms with Gasteiger partial charge in [0, 0.05) is 29.7 Å². The zero-order valence-electron chi connectivity index (χ0n) is 15.6. The Bertz CT molecular complexity index is 962. The molecule has 0 unspecified atom stereocenters. The predicted molar refractivity (Wildman–Crippen MR) is 105 cm³/mol. The van der Waals surface area contributed by atoms with Crippen LogP contribution in [0.1, 0.15) is 11.1 Å². The number of nitrogens with zero attached hydrogens (tertiary/aromatic N) is 1. The number of fused-ring (bicyclic) bond motifs is 1. The molecule has 0 aliphatic heterocycles. The van der Waals surface area contributed by atoms with Crippen LogP contribution in [0.3, 0.4) is 0 Å². The number of ether oxygens (including phenoxy) is 3. The molecule has 1 heterocycles. The lowest BCUT2D eigenvalue weighted by Crippen LogP contribution is -2.23.